The third-order valence-corrected chi connectivity index (χ3v) is 2.07. The molecule has 0 fully saturated rings. The Hall–Kier alpha value is -2.05. The van der Waals surface area contributed by atoms with Gasteiger partial charge in [0.2, 0.25) is 5.88 Å². The summed E-state index contributed by atoms with van der Waals surface area (Å²) in [6.45, 7) is 1.82. The van der Waals surface area contributed by atoms with E-state index in [0.717, 1.165) is 19.3 Å². The highest BCUT2D eigenvalue weighted by molar-refractivity contribution is 5.87. The zero-order chi connectivity index (χ0) is 14.5. The van der Waals surface area contributed by atoms with E-state index >= 15 is 0 Å². The van der Waals surface area contributed by atoms with E-state index in [2.05, 4.69) is 14.5 Å². The molecular weight excluding hydrogens is 263 g/mol. The Bertz CT molecular complexity index is 484. The van der Waals surface area contributed by atoms with Crippen molar-refractivity contribution in [2.24, 2.45) is 0 Å². The molecule has 104 valence electrons. The molecule has 19 heavy (non-hydrogen) atoms. The number of nitrogens with zero attached hydrogens (tertiary/aromatic N) is 1. The van der Waals surface area contributed by atoms with Gasteiger partial charge in [-0.05, 0) is 24.6 Å². The van der Waals surface area contributed by atoms with Crippen molar-refractivity contribution in [1.82, 2.24) is 4.98 Å². The SMILES string of the molecule is CCOC(=O)C=Cc1cnc(OC)c(C(F)(F)F)c1. The number of methoxy groups -OCH3 is 1. The number of aromatic nitrogens is 1. The van der Waals surface area contributed by atoms with Crippen molar-refractivity contribution in [1.29, 1.82) is 0 Å². The second-order valence-corrected chi connectivity index (χ2v) is 3.41. The lowest BCUT2D eigenvalue weighted by molar-refractivity contribution is -0.139. The van der Waals surface area contributed by atoms with Gasteiger partial charge in [0.05, 0.1) is 13.7 Å². The van der Waals surface area contributed by atoms with E-state index in [4.69, 9.17) is 0 Å². The topological polar surface area (TPSA) is 48.4 Å². The quantitative estimate of drug-likeness (QED) is 0.626. The number of hydrogen-bond acceptors (Lipinski definition) is 4. The van der Waals surface area contributed by atoms with Gasteiger partial charge in [0.1, 0.15) is 5.56 Å². The van der Waals surface area contributed by atoms with Crippen molar-refractivity contribution < 1.29 is 27.4 Å². The van der Waals surface area contributed by atoms with Gasteiger partial charge in [-0.25, -0.2) is 9.78 Å². The van der Waals surface area contributed by atoms with Crippen LogP contribution in [0.4, 0.5) is 13.2 Å². The fraction of sp³-hybridized carbons (Fsp3) is 0.333. The van der Waals surface area contributed by atoms with Crippen LogP contribution in [0.1, 0.15) is 18.1 Å². The number of carbonyl (C=O) groups excluding carboxylic acids is 1. The van der Waals surface area contributed by atoms with E-state index in [9.17, 15) is 18.0 Å². The molecule has 0 saturated carbocycles. The summed E-state index contributed by atoms with van der Waals surface area (Å²) in [6, 6.07) is 0.849. The smallest absolute Gasteiger partial charge is 0.421 e. The molecule has 0 aromatic carbocycles. The first-order valence-electron chi connectivity index (χ1n) is 5.34. The van der Waals surface area contributed by atoms with Gasteiger partial charge in [-0.1, -0.05) is 0 Å². The molecule has 0 aliphatic heterocycles. The van der Waals surface area contributed by atoms with Crippen molar-refractivity contribution >= 4 is 12.0 Å². The highest BCUT2D eigenvalue weighted by Crippen LogP contribution is 2.35. The molecule has 0 aliphatic rings. The minimum Gasteiger partial charge on any atom is -0.481 e. The lowest BCUT2D eigenvalue weighted by Gasteiger charge is -2.11. The number of pyridine rings is 1. The second-order valence-electron chi connectivity index (χ2n) is 3.41. The highest BCUT2D eigenvalue weighted by Gasteiger charge is 2.35. The molecule has 7 heteroatoms. The Morgan fingerprint density at radius 1 is 1.47 bits per heavy atom. The van der Waals surface area contributed by atoms with Crippen molar-refractivity contribution in [3.05, 3.63) is 29.5 Å². The molecule has 0 amide bonds. The van der Waals surface area contributed by atoms with Crippen LogP contribution in [0.5, 0.6) is 5.88 Å². The van der Waals surface area contributed by atoms with Crippen LogP contribution in [0.2, 0.25) is 0 Å². The monoisotopic (exact) mass is 275 g/mol. The summed E-state index contributed by atoms with van der Waals surface area (Å²) in [5.41, 5.74) is -0.873. The summed E-state index contributed by atoms with van der Waals surface area (Å²) < 4.78 is 47.3. The Kier molecular flexibility index (Phi) is 4.91. The van der Waals surface area contributed by atoms with E-state index < -0.39 is 23.6 Å². The molecule has 0 radical (unpaired) electrons. The molecule has 0 unspecified atom stereocenters. The maximum Gasteiger partial charge on any atom is 0.421 e. The van der Waals surface area contributed by atoms with Crippen LogP contribution in [0, 0.1) is 0 Å². The first-order chi connectivity index (χ1) is 8.88. The van der Waals surface area contributed by atoms with Gasteiger partial charge < -0.3 is 9.47 Å². The fourth-order valence-electron chi connectivity index (χ4n) is 1.28. The summed E-state index contributed by atoms with van der Waals surface area (Å²) in [7, 11) is 1.10. The number of esters is 1. The van der Waals surface area contributed by atoms with Gasteiger partial charge in [-0.3, -0.25) is 0 Å². The molecule has 0 N–H and O–H groups in total. The summed E-state index contributed by atoms with van der Waals surface area (Å²) in [4.78, 5) is 14.6. The van der Waals surface area contributed by atoms with E-state index in [0.29, 0.717) is 0 Å². The van der Waals surface area contributed by atoms with Crippen LogP contribution in [-0.2, 0) is 15.7 Å². The van der Waals surface area contributed by atoms with E-state index in [1.807, 2.05) is 0 Å². The number of carbonyl (C=O) groups is 1. The number of rotatable bonds is 4. The van der Waals surface area contributed by atoms with Crippen molar-refractivity contribution in [3.8, 4) is 5.88 Å². The Morgan fingerprint density at radius 2 is 2.16 bits per heavy atom. The van der Waals surface area contributed by atoms with Crippen molar-refractivity contribution in [3.63, 3.8) is 0 Å². The highest BCUT2D eigenvalue weighted by atomic mass is 19.4. The number of halogens is 3. The molecule has 0 spiro atoms. The number of hydrogen-bond donors (Lipinski definition) is 0. The average molecular weight is 275 g/mol. The predicted octanol–water partition coefficient (Wildman–Crippen LogP) is 2.69. The Balaban J connectivity index is 3.02. The standard InChI is InChI=1S/C12H12F3NO3/c1-3-19-10(17)5-4-8-6-9(12(13,14)15)11(18-2)16-7-8/h4-7H,3H2,1-2H3. The maximum absolute atomic E-state index is 12.7. The summed E-state index contributed by atoms with van der Waals surface area (Å²) in [6.07, 6.45) is -1.18. The molecule has 1 rings (SSSR count). The normalized spacial score (nSPS) is 11.6. The first kappa shape index (κ1) is 15.0. The van der Waals surface area contributed by atoms with E-state index in [1.165, 1.54) is 12.3 Å². The van der Waals surface area contributed by atoms with Crippen LogP contribution in [0.3, 0.4) is 0 Å². The third-order valence-electron chi connectivity index (χ3n) is 2.07. The molecule has 1 heterocycles. The molecule has 1 aromatic heterocycles. The van der Waals surface area contributed by atoms with Gasteiger partial charge in [0, 0.05) is 12.3 Å². The fourth-order valence-corrected chi connectivity index (χ4v) is 1.28. The summed E-state index contributed by atoms with van der Waals surface area (Å²) in [5.74, 6) is -1.15. The van der Waals surface area contributed by atoms with Gasteiger partial charge in [0.25, 0.3) is 0 Å². The summed E-state index contributed by atoms with van der Waals surface area (Å²) >= 11 is 0. The molecule has 0 bridgehead atoms. The van der Waals surface area contributed by atoms with Gasteiger partial charge in [-0.2, -0.15) is 13.2 Å². The number of ether oxygens (including phenoxy) is 2. The molecular formula is C12H12F3NO3. The van der Waals surface area contributed by atoms with Gasteiger partial charge in [0.15, 0.2) is 0 Å². The first-order valence-corrected chi connectivity index (χ1v) is 5.34. The maximum atomic E-state index is 12.7. The molecule has 4 nitrogen and oxygen atoms in total. The van der Waals surface area contributed by atoms with Crippen LogP contribution < -0.4 is 4.74 Å². The molecule has 1 aromatic rings. The van der Waals surface area contributed by atoms with Crippen molar-refractivity contribution in [2.45, 2.75) is 13.1 Å². The molecule has 0 aliphatic carbocycles. The van der Waals surface area contributed by atoms with E-state index in [-0.39, 0.29) is 12.2 Å². The van der Waals surface area contributed by atoms with Crippen LogP contribution in [0.15, 0.2) is 18.3 Å². The molecule has 0 saturated heterocycles. The zero-order valence-electron chi connectivity index (χ0n) is 10.3. The average Bonchev–Trinajstić information content (AvgIpc) is 2.35. The largest absolute Gasteiger partial charge is 0.481 e. The van der Waals surface area contributed by atoms with Crippen LogP contribution >= 0.6 is 0 Å². The summed E-state index contributed by atoms with van der Waals surface area (Å²) in [5, 5.41) is 0. The van der Waals surface area contributed by atoms with E-state index in [1.54, 1.807) is 6.92 Å². The molecule has 0 atom stereocenters. The van der Waals surface area contributed by atoms with Gasteiger partial charge in [-0.15, -0.1) is 0 Å². The van der Waals surface area contributed by atoms with Crippen LogP contribution in [-0.4, -0.2) is 24.7 Å². The van der Waals surface area contributed by atoms with Crippen molar-refractivity contribution in [2.75, 3.05) is 13.7 Å². The third kappa shape index (κ3) is 4.27. The van der Waals surface area contributed by atoms with Gasteiger partial charge >= 0.3 is 12.1 Å². The lowest BCUT2D eigenvalue weighted by atomic mass is 10.2. The second kappa shape index (κ2) is 6.21. The lowest BCUT2D eigenvalue weighted by Crippen LogP contribution is -2.09. The number of alkyl halides is 3. The zero-order valence-corrected chi connectivity index (χ0v) is 10.3. The van der Waals surface area contributed by atoms with Crippen LogP contribution in [0.25, 0.3) is 6.08 Å². The minimum absolute atomic E-state index is 0.126. The Labute approximate surface area is 107 Å². The Morgan fingerprint density at radius 3 is 2.68 bits per heavy atom. The minimum atomic E-state index is -4.58. The predicted molar refractivity (Wildman–Crippen MR) is 61.5 cm³/mol.